The molecule has 3 unspecified atom stereocenters. The molecule has 11 heavy (non-hydrogen) atoms. The molecule has 0 spiro atoms. The number of thioether (sulfide) groups is 1. The standard InChI is InChI=1S/C8H18OS2/c1-5-8(4,10)11-7(3)6(2)9/h6-7,9-10H,5H2,1-4H3. The van der Waals surface area contributed by atoms with E-state index in [1.165, 1.54) is 0 Å². The molecule has 0 aromatic rings. The highest BCUT2D eigenvalue weighted by atomic mass is 32.2. The van der Waals surface area contributed by atoms with Crippen molar-refractivity contribution in [1.82, 2.24) is 0 Å². The Morgan fingerprint density at radius 1 is 1.55 bits per heavy atom. The summed E-state index contributed by atoms with van der Waals surface area (Å²) in [4.78, 5) is 0. The van der Waals surface area contributed by atoms with Gasteiger partial charge in [0.2, 0.25) is 0 Å². The van der Waals surface area contributed by atoms with E-state index in [9.17, 15) is 5.11 Å². The van der Waals surface area contributed by atoms with Gasteiger partial charge in [0.05, 0.1) is 10.2 Å². The second kappa shape index (κ2) is 4.63. The topological polar surface area (TPSA) is 20.2 Å². The zero-order chi connectivity index (χ0) is 9.07. The monoisotopic (exact) mass is 194 g/mol. The minimum Gasteiger partial charge on any atom is -0.392 e. The van der Waals surface area contributed by atoms with E-state index < -0.39 is 0 Å². The predicted octanol–water partition coefficient (Wildman–Crippen LogP) is 2.54. The van der Waals surface area contributed by atoms with E-state index in [0.717, 1.165) is 6.42 Å². The zero-order valence-electron chi connectivity index (χ0n) is 7.66. The highest BCUT2D eigenvalue weighted by Crippen LogP contribution is 2.36. The Hall–Kier alpha value is 0.660. The molecule has 0 aromatic carbocycles. The van der Waals surface area contributed by atoms with Crippen LogP contribution in [0.2, 0.25) is 0 Å². The van der Waals surface area contributed by atoms with Crippen molar-refractivity contribution in [1.29, 1.82) is 0 Å². The molecule has 0 aliphatic rings. The van der Waals surface area contributed by atoms with E-state index in [2.05, 4.69) is 26.5 Å². The molecule has 0 rings (SSSR count). The molecule has 0 aliphatic carbocycles. The van der Waals surface area contributed by atoms with Gasteiger partial charge in [-0.2, -0.15) is 12.6 Å². The molecule has 0 saturated carbocycles. The summed E-state index contributed by atoms with van der Waals surface area (Å²) in [6, 6.07) is 0. The number of aliphatic hydroxyl groups is 1. The van der Waals surface area contributed by atoms with Crippen molar-refractivity contribution in [3.8, 4) is 0 Å². The van der Waals surface area contributed by atoms with Gasteiger partial charge in [0.25, 0.3) is 0 Å². The molecule has 0 amide bonds. The molecule has 0 aromatic heterocycles. The van der Waals surface area contributed by atoms with Crippen molar-refractivity contribution < 1.29 is 5.11 Å². The van der Waals surface area contributed by atoms with Crippen LogP contribution in [0.5, 0.6) is 0 Å². The van der Waals surface area contributed by atoms with Gasteiger partial charge in [-0.3, -0.25) is 0 Å². The van der Waals surface area contributed by atoms with Crippen molar-refractivity contribution in [3.63, 3.8) is 0 Å². The Morgan fingerprint density at radius 3 is 2.27 bits per heavy atom. The number of rotatable bonds is 4. The van der Waals surface area contributed by atoms with Gasteiger partial charge in [-0.05, 0) is 20.3 Å². The molecular weight excluding hydrogens is 176 g/mol. The molecule has 0 radical (unpaired) electrons. The van der Waals surface area contributed by atoms with Crippen LogP contribution in [0.15, 0.2) is 0 Å². The van der Waals surface area contributed by atoms with Crippen LogP contribution in [0.4, 0.5) is 0 Å². The SMILES string of the molecule is CCC(C)(S)SC(C)C(C)O. The lowest BCUT2D eigenvalue weighted by Crippen LogP contribution is -2.22. The van der Waals surface area contributed by atoms with Crippen molar-refractivity contribution in [2.24, 2.45) is 0 Å². The maximum absolute atomic E-state index is 9.22. The minimum atomic E-state index is -0.252. The van der Waals surface area contributed by atoms with Gasteiger partial charge < -0.3 is 5.11 Å². The summed E-state index contributed by atoms with van der Waals surface area (Å²) < 4.78 is -0.00356. The molecule has 0 fully saturated rings. The van der Waals surface area contributed by atoms with Crippen LogP contribution >= 0.6 is 24.4 Å². The molecule has 0 heterocycles. The molecule has 3 heteroatoms. The largest absolute Gasteiger partial charge is 0.392 e. The Labute approximate surface area is 79.4 Å². The van der Waals surface area contributed by atoms with Gasteiger partial charge >= 0.3 is 0 Å². The Kier molecular flexibility index (Phi) is 4.91. The molecule has 3 atom stereocenters. The summed E-state index contributed by atoms with van der Waals surface area (Å²) in [6.07, 6.45) is 0.760. The first-order chi connectivity index (χ1) is 4.89. The second-order valence-electron chi connectivity index (χ2n) is 3.09. The summed E-state index contributed by atoms with van der Waals surface area (Å²) in [6.45, 7) is 8.03. The number of aliphatic hydroxyl groups excluding tert-OH is 1. The average molecular weight is 194 g/mol. The summed E-state index contributed by atoms with van der Waals surface area (Å²) in [5.41, 5.74) is 0. The van der Waals surface area contributed by atoms with Crippen molar-refractivity contribution in [2.75, 3.05) is 0 Å². The quantitative estimate of drug-likeness (QED) is 0.530. The lowest BCUT2D eigenvalue weighted by atomic mass is 10.3. The molecule has 1 N–H and O–H groups in total. The van der Waals surface area contributed by atoms with E-state index in [1.807, 2.05) is 13.8 Å². The highest BCUT2D eigenvalue weighted by molar-refractivity contribution is 8.11. The minimum absolute atomic E-state index is 0.00356. The molecular formula is C8H18OS2. The number of thiol groups is 1. The molecule has 0 bridgehead atoms. The normalized spacial score (nSPS) is 22.4. The van der Waals surface area contributed by atoms with Crippen LogP contribution in [0.25, 0.3) is 0 Å². The first kappa shape index (κ1) is 11.7. The van der Waals surface area contributed by atoms with Crippen molar-refractivity contribution in [3.05, 3.63) is 0 Å². The third-order valence-electron chi connectivity index (χ3n) is 1.78. The number of hydrogen-bond donors (Lipinski definition) is 2. The molecule has 0 aliphatic heterocycles. The Morgan fingerprint density at radius 2 is 2.00 bits per heavy atom. The molecule has 68 valence electrons. The van der Waals surface area contributed by atoms with Crippen LogP contribution in [-0.2, 0) is 0 Å². The van der Waals surface area contributed by atoms with Crippen LogP contribution in [-0.4, -0.2) is 20.5 Å². The second-order valence-corrected chi connectivity index (χ2v) is 6.26. The maximum Gasteiger partial charge on any atom is 0.0628 e. The summed E-state index contributed by atoms with van der Waals surface area (Å²) in [5, 5.41) is 9.49. The van der Waals surface area contributed by atoms with Crippen LogP contribution in [0.3, 0.4) is 0 Å². The van der Waals surface area contributed by atoms with Crippen LogP contribution in [0.1, 0.15) is 34.1 Å². The van der Waals surface area contributed by atoms with E-state index in [1.54, 1.807) is 11.8 Å². The van der Waals surface area contributed by atoms with Crippen molar-refractivity contribution >= 4 is 24.4 Å². The van der Waals surface area contributed by atoms with E-state index >= 15 is 0 Å². The van der Waals surface area contributed by atoms with Crippen molar-refractivity contribution in [2.45, 2.75) is 49.5 Å². The van der Waals surface area contributed by atoms with E-state index in [4.69, 9.17) is 0 Å². The van der Waals surface area contributed by atoms with E-state index in [0.29, 0.717) is 0 Å². The van der Waals surface area contributed by atoms with Gasteiger partial charge in [0.1, 0.15) is 0 Å². The Bertz CT molecular complexity index is 113. The third kappa shape index (κ3) is 4.99. The number of hydrogen-bond acceptors (Lipinski definition) is 3. The smallest absolute Gasteiger partial charge is 0.0628 e. The fraction of sp³-hybridized carbons (Fsp3) is 1.00. The zero-order valence-corrected chi connectivity index (χ0v) is 9.38. The van der Waals surface area contributed by atoms with Gasteiger partial charge in [-0.1, -0.05) is 13.8 Å². The maximum atomic E-state index is 9.22. The highest BCUT2D eigenvalue weighted by Gasteiger charge is 2.22. The van der Waals surface area contributed by atoms with Gasteiger partial charge in [0, 0.05) is 5.25 Å². The fourth-order valence-corrected chi connectivity index (χ4v) is 2.25. The summed E-state index contributed by atoms with van der Waals surface area (Å²) >= 11 is 6.20. The molecule has 1 nitrogen and oxygen atoms in total. The lowest BCUT2D eigenvalue weighted by Gasteiger charge is -2.26. The van der Waals surface area contributed by atoms with Gasteiger partial charge in [-0.25, -0.2) is 0 Å². The third-order valence-corrected chi connectivity index (χ3v) is 3.97. The first-order valence-corrected chi connectivity index (χ1v) is 5.30. The molecule has 0 saturated heterocycles. The predicted molar refractivity (Wildman–Crippen MR) is 56.4 cm³/mol. The van der Waals surface area contributed by atoms with Gasteiger partial charge in [-0.15, -0.1) is 11.8 Å². The Balaban J connectivity index is 3.83. The summed E-state index contributed by atoms with van der Waals surface area (Å²) in [5.74, 6) is 0. The van der Waals surface area contributed by atoms with Crippen LogP contribution < -0.4 is 0 Å². The lowest BCUT2D eigenvalue weighted by molar-refractivity contribution is 0.196. The summed E-state index contributed by atoms with van der Waals surface area (Å²) in [7, 11) is 0. The first-order valence-electron chi connectivity index (χ1n) is 3.97. The average Bonchev–Trinajstić information content (AvgIpc) is 1.87. The van der Waals surface area contributed by atoms with Gasteiger partial charge in [0.15, 0.2) is 0 Å². The van der Waals surface area contributed by atoms with Crippen LogP contribution in [0, 0.1) is 0 Å². The fourth-order valence-electron chi connectivity index (χ4n) is 0.582. The van der Waals surface area contributed by atoms with E-state index in [-0.39, 0.29) is 15.4 Å².